The molecule has 0 atom stereocenters. The second kappa shape index (κ2) is 12.3. The number of piperazine rings is 1. The van der Waals surface area contributed by atoms with E-state index in [1.54, 1.807) is 17.4 Å². The number of benzene rings is 2. The predicted octanol–water partition coefficient (Wildman–Crippen LogP) is 3.71. The predicted molar refractivity (Wildman–Crippen MR) is 137 cm³/mol. The minimum atomic E-state index is -0.344. The Morgan fingerprint density at radius 3 is 2.09 bits per heavy atom. The first-order chi connectivity index (χ1) is 16.7. The lowest BCUT2D eigenvalue weighted by molar-refractivity contribution is -0.127. The third-order valence-corrected chi connectivity index (χ3v) is 6.76. The van der Waals surface area contributed by atoms with Crippen LogP contribution in [-0.2, 0) is 9.59 Å². The number of hydrazine groups is 1. The molecule has 7 heteroatoms. The van der Waals surface area contributed by atoms with Gasteiger partial charge in [-0.1, -0.05) is 66.7 Å². The molecule has 0 aliphatic carbocycles. The highest BCUT2D eigenvalue weighted by atomic mass is 32.1. The van der Waals surface area contributed by atoms with Crippen LogP contribution in [0.5, 0.6) is 0 Å². The normalized spacial score (nSPS) is 15.0. The number of rotatable bonds is 8. The van der Waals surface area contributed by atoms with Crippen LogP contribution in [0.25, 0.3) is 6.08 Å². The van der Waals surface area contributed by atoms with Gasteiger partial charge in [0.1, 0.15) is 0 Å². The highest BCUT2D eigenvalue weighted by Crippen LogP contribution is 2.29. The summed E-state index contributed by atoms with van der Waals surface area (Å²) in [5.41, 5.74) is 7.54. The Kier molecular flexibility index (Phi) is 8.62. The number of hydrogen-bond donors (Lipinski definition) is 2. The summed E-state index contributed by atoms with van der Waals surface area (Å²) < 4.78 is 0. The molecule has 1 aliphatic heterocycles. The van der Waals surface area contributed by atoms with E-state index in [4.69, 9.17) is 0 Å². The van der Waals surface area contributed by atoms with Crippen molar-refractivity contribution in [3.63, 3.8) is 0 Å². The van der Waals surface area contributed by atoms with Crippen LogP contribution < -0.4 is 10.9 Å². The van der Waals surface area contributed by atoms with Crippen molar-refractivity contribution in [3.8, 4) is 0 Å². The highest BCUT2D eigenvalue weighted by molar-refractivity contribution is 7.10. The van der Waals surface area contributed by atoms with Gasteiger partial charge < -0.3 is 4.90 Å². The van der Waals surface area contributed by atoms with Crippen LogP contribution in [0.3, 0.4) is 0 Å². The molecule has 0 bridgehead atoms. The van der Waals surface area contributed by atoms with Crippen LogP contribution in [-0.4, -0.2) is 54.3 Å². The second-order valence-electron chi connectivity index (χ2n) is 8.24. The molecule has 2 heterocycles. The van der Waals surface area contributed by atoms with E-state index in [0.717, 1.165) is 31.1 Å². The minimum absolute atomic E-state index is 0.188. The Morgan fingerprint density at radius 1 is 0.853 bits per heavy atom. The molecule has 176 valence electrons. The van der Waals surface area contributed by atoms with Crippen LogP contribution in [0.15, 0.2) is 84.3 Å². The first kappa shape index (κ1) is 23.9. The molecule has 3 aromatic rings. The minimum Gasteiger partial charge on any atom is -0.300 e. The molecule has 0 saturated carbocycles. The molecule has 1 aromatic heterocycles. The Hall–Kier alpha value is -3.26. The lowest BCUT2D eigenvalue weighted by Crippen LogP contribution is -2.49. The largest absolute Gasteiger partial charge is 0.300 e. The van der Waals surface area contributed by atoms with Gasteiger partial charge in [0.2, 0.25) is 5.91 Å². The van der Waals surface area contributed by atoms with E-state index >= 15 is 0 Å². The van der Waals surface area contributed by atoms with Gasteiger partial charge in [-0.3, -0.25) is 25.3 Å². The SMILES string of the molecule is O=C(C=Cc1cccs1)NNC(=O)CCN1CCN(C(c2ccccc2)c2ccccc2)CC1. The lowest BCUT2D eigenvalue weighted by Gasteiger charge is -2.39. The second-order valence-corrected chi connectivity index (χ2v) is 9.22. The van der Waals surface area contributed by atoms with Crippen molar-refractivity contribution in [1.29, 1.82) is 0 Å². The van der Waals surface area contributed by atoms with E-state index in [9.17, 15) is 9.59 Å². The summed E-state index contributed by atoms with van der Waals surface area (Å²) in [6, 6.07) is 25.3. The molecule has 1 fully saturated rings. The molecular weight excluding hydrogens is 444 g/mol. The summed E-state index contributed by atoms with van der Waals surface area (Å²) in [4.78, 5) is 29.9. The summed E-state index contributed by atoms with van der Waals surface area (Å²) >= 11 is 1.55. The molecule has 2 N–H and O–H groups in total. The van der Waals surface area contributed by atoms with Gasteiger partial charge in [-0.25, -0.2) is 0 Å². The van der Waals surface area contributed by atoms with Crippen molar-refractivity contribution in [1.82, 2.24) is 20.7 Å². The smallest absolute Gasteiger partial charge is 0.262 e. The molecule has 6 nitrogen and oxygen atoms in total. The fraction of sp³-hybridized carbons (Fsp3) is 0.259. The molecule has 2 aromatic carbocycles. The monoisotopic (exact) mass is 474 g/mol. The maximum atomic E-state index is 12.2. The van der Waals surface area contributed by atoms with Crippen LogP contribution in [0.2, 0.25) is 0 Å². The van der Waals surface area contributed by atoms with Crippen molar-refractivity contribution >= 4 is 29.2 Å². The number of amides is 2. The number of carbonyl (C=O) groups is 2. The van der Waals surface area contributed by atoms with E-state index in [0.29, 0.717) is 13.0 Å². The molecule has 0 spiro atoms. The van der Waals surface area contributed by atoms with E-state index in [1.807, 2.05) is 17.5 Å². The van der Waals surface area contributed by atoms with Crippen LogP contribution >= 0.6 is 11.3 Å². The number of nitrogens with one attached hydrogen (secondary N) is 2. The van der Waals surface area contributed by atoms with Crippen molar-refractivity contribution in [2.24, 2.45) is 0 Å². The summed E-state index contributed by atoms with van der Waals surface area (Å²) in [6.07, 6.45) is 3.49. The topological polar surface area (TPSA) is 64.7 Å². The molecule has 34 heavy (non-hydrogen) atoms. The molecule has 4 rings (SSSR count). The van der Waals surface area contributed by atoms with Crippen molar-refractivity contribution in [2.45, 2.75) is 12.5 Å². The van der Waals surface area contributed by atoms with Gasteiger partial charge in [0, 0.05) is 50.1 Å². The third kappa shape index (κ3) is 6.87. The average Bonchev–Trinajstić information content (AvgIpc) is 3.41. The number of nitrogens with zero attached hydrogens (tertiary/aromatic N) is 2. The first-order valence-electron chi connectivity index (χ1n) is 11.6. The molecular formula is C27H30N4O2S. The summed E-state index contributed by atoms with van der Waals surface area (Å²) in [7, 11) is 0. The summed E-state index contributed by atoms with van der Waals surface area (Å²) in [5, 5.41) is 1.95. The van der Waals surface area contributed by atoms with Gasteiger partial charge in [0.05, 0.1) is 6.04 Å². The summed E-state index contributed by atoms with van der Waals surface area (Å²) in [6.45, 7) is 4.33. The Bertz CT molecular complexity index is 1020. The van der Waals surface area contributed by atoms with Gasteiger partial charge in [-0.05, 0) is 28.6 Å². The Morgan fingerprint density at radius 2 is 1.50 bits per heavy atom. The maximum Gasteiger partial charge on any atom is 0.262 e. The summed E-state index contributed by atoms with van der Waals surface area (Å²) in [5.74, 6) is -0.532. The van der Waals surface area contributed by atoms with Gasteiger partial charge >= 0.3 is 0 Å². The fourth-order valence-electron chi connectivity index (χ4n) is 4.17. The maximum absolute atomic E-state index is 12.2. The van der Waals surface area contributed by atoms with Gasteiger partial charge in [0.15, 0.2) is 0 Å². The molecule has 1 aliphatic rings. The van der Waals surface area contributed by atoms with E-state index in [-0.39, 0.29) is 17.9 Å². The quantitative estimate of drug-likeness (QED) is 0.386. The third-order valence-electron chi connectivity index (χ3n) is 5.93. The van der Waals surface area contributed by atoms with Gasteiger partial charge in [0.25, 0.3) is 5.91 Å². The number of hydrogen-bond acceptors (Lipinski definition) is 5. The zero-order valence-corrected chi connectivity index (χ0v) is 19.9. The van der Waals surface area contributed by atoms with E-state index in [2.05, 4.69) is 81.3 Å². The fourth-order valence-corrected chi connectivity index (χ4v) is 4.79. The van der Waals surface area contributed by atoms with Crippen molar-refractivity contribution in [3.05, 3.63) is 100 Å². The number of thiophene rings is 1. The van der Waals surface area contributed by atoms with Crippen LogP contribution in [0.1, 0.15) is 28.5 Å². The Labute approximate surface area is 204 Å². The van der Waals surface area contributed by atoms with E-state index in [1.165, 1.54) is 17.2 Å². The zero-order valence-electron chi connectivity index (χ0n) is 19.1. The first-order valence-corrected chi connectivity index (χ1v) is 12.4. The molecule has 1 saturated heterocycles. The van der Waals surface area contributed by atoms with Gasteiger partial charge in [-0.15, -0.1) is 11.3 Å². The standard InChI is InChI=1S/C27H30N4O2S/c32-25(14-13-24-12-7-21-34-24)28-29-26(33)15-16-30-17-19-31(20-18-30)27(22-8-3-1-4-9-22)23-10-5-2-6-11-23/h1-14,21,27H,15-20H2,(H,28,32)(H,29,33). The highest BCUT2D eigenvalue weighted by Gasteiger charge is 2.26. The van der Waals surface area contributed by atoms with Crippen molar-refractivity contribution < 1.29 is 9.59 Å². The zero-order chi connectivity index (χ0) is 23.6. The van der Waals surface area contributed by atoms with Crippen molar-refractivity contribution in [2.75, 3.05) is 32.7 Å². The molecule has 2 amide bonds. The lowest BCUT2D eigenvalue weighted by atomic mass is 9.96. The van der Waals surface area contributed by atoms with Gasteiger partial charge in [-0.2, -0.15) is 0 Å². The Balaban J connectivity index is 1.22. The molecule has 0 unspecified atom stereocenters. The van der Waals surface area contributed by atoms with Crippen LogP contribution in [0.4, 0.5) is 0 Å². The number of carbonyl (C=O) groups excluding carboxylic acids is 2. The van der Waals surface area contributed by atoms with Crippen LogP contribution in [0, 0.1) is 0 Å². The average molecular weight is 475 g/mol. The molecule has 0 radical (unpaired) electrons. The van der Waals surface area contributed by atoms with E-state index < -0.39 is 0 Å².